The molecule has 0 atom stereocenters. The molecular weight excluding hydrogens is 216 g/mol. The first-order valence-electron chi connectivity index (χ1n) is 6.21. The van der Waals surface area contributed by atoms with Crippen molar-refractivity contribution in [3.8, 4) is 0 Å². The van der Waals surface area contributed by atoms with Gasteiger partial charge in [-0.3, -0.25) is 0 Å². The lowest BCUT2D eigenvalue weighted by molar-refractivity contribution is 0.0835. The van der Waals surface area contributed by atoms with Crippen molar-refractivity contribution in [2.24, 2.45) is 0 Å². The number of aliphatic hydroxyl groups excluding tert-OH is 1. The van der Waals surface area contributed by atoms with Crippen LogP contribution < -0.4 is 10.6 Å². The zero-order valence-corrected chi connectivity index (χ0v) is 10.4. The number of nitrogens with zero attached hydrogens (tertiary/aromatic N) is 2. The molecule has 0 spiro atoms. The van der Waals surface area contributed by atoms with E-state index >= 15 is 0 Å². The standard InChI is InChI=1S/C12H20N4O/c1-3-4-13-12-14-7-8(2)11(16-12)15-9-5-10(17)6-9/h7,9-10,17H,3-6H2,1-2H3,(H2,13,14,15,16). The molecule has 5 nitrogen and oxygen atoms in total. The van der Waals surface area contributed by atoms with Gasteiger partial charge in [0.15, 0.2) is 0 Å². The maximum atomic E-state index is 9.25. The number of rotatable bonds is 5. The van der Waals surface area contributed by atoms with Crippen LogP contribution in [0.2, 0.25) is 0 Å². The van der Waals surface area contributed by atoms with Crippen molar-refractivity contribution in [3.05, 3.63) is 11.8 Å². The van der Waals surface area contributed by atoms with Crippen LogP contribution in [0.25, 0.3) is 0 Å². The normalized spacial score (nSPS) is 23.0. The first kappa shape index (κ1) is 12.1. The molecule has 1 aliphatic rings. The van der Waals surface area contributed by atoms with Crippen molar-refractivity contribution in [2.45, 2.75) is 45.3 Å². The quantitative estimate of drug-likeness (QED) is 0.723. The molecule has 0 bridgehead atoms. The van der Waals surface area contributed by atoms with Gasteiger partial charge in [-0.05, 0) is 26.2 Å². The van der Waals surface area contributed by atoms with Gasteiger partial charge in [0.1, 0.15) is 5.82 Å². The van der Waals surface area contributed by atoms with Gasteiger partial charge < -0.3 is 15.7 Å². The smallest absolute Gasteiger partial charge is 0.224 e. The third-order valence-electron chi connectivity index (χ3n) is 2.96. The highest BCUT2D eigenvalue weighted by atomic mass is 16.3. The second-order valence-electron chi connectivity index (χ2n) is 4.62. The Morgan fingerprint density at radius 3 is 2.88 bits per heavy atom. The second-order valence-corrected chi connectivity index (χ2v) is 4.62. The molecule has 17 heavy (non-hydrogen) atoms. The Kier molecular flexibility index (Phi) is 3.78. The summed E-state index contributed by atoms with van der Waals surface area (Å²) in [6, 6.07) is 0.345. The van der Waals surface area contributed by atoms with Crippen LogP contribution >= 0.6 is 0 Å². The average molecular weight is 236 g/mol. The van der Waals surface area contributed by atoms with Gasteiger partial charge in [0.05, 0.1) is 6.10 Å². The van der Waals surface area contributed by atoms with Gasteiger partial charge in [0, 0.05) is 24.3 Å². The lowest BCUT2D eigenvalue weighted by Crippen LogP contribution is -2.39. The molecule has 94 valence electrons. The molecule has 0 aromatic carbocycles. The summed E-state index contributed by atoms with van der Waals surface area (Å²) in [6.07, 6.45) is 4.34. The minimum absolute atomic E-state index is 0.146. The summed E-state index contributed by atoms with van der Waals surface area (Å²) in [4.78, 5) is 8.67. The Hall–Kier alpha value is -1.36. The Morgan fingerprint density at radius 1 is 1.47 bits per heavy atom. The van der Waals surface area contributed by atoms with Crippen molar-refractivity contribution in [1.82, 2.24) is 9.97 Å². The highest BCUT2D eigenvalue weighted by Crippen LogP contribution is 2.24. The molecule has 0 saturated heterocycles. The van der Waals surface area contributed by atoms with Gasteiger partial charge in [-0.15, -0.1) is 0 Å². The van der Waals surface area contributed by atoms with Gasteiger partial charge in [-0.2, -0.15) is 4.98 Å². The molecule has 0 amide bonds. The van der Waals surface area contributed by atoms with Crippen LogP contribution in [-0.2, 0) is 0 Å². The van der Waals surface area contributed by atoms with Crippen LogP contribution in [0, 0.1) is 6.92 Å². The molecule has 0 radical (unpaired) electrons. The number of anilines is 2. The molecule has 1 aromatic heterocycles. The average Bonchev–Trinajstić information content (AvgIpc) is 2.28. The summed E-state index contributed by atoms with van der Waals surface area (Å²) >= 11 is 0. The van der Waals surface area contributed by atoms with Crippen molar-refractivity contribution >= 4 is 11.8 Å². The Balaban J connectivity index is 1.99. The lowest BCUT2D eigenvalue weighted by atomic mass is 9.89. The van der Waals surface area contributed by atoms with Gasteiger partial charge in [0.2, 0.25) is 5.95 Å². The van der Waals surface area contributed by atoms with Crippen LogP contribution in [0.5, 0.6) is 0 Å². The molecule has 1 saturated carbocycles. The minimum Gasteiger partial charge on any atom is -0.393 e. The topological polar surface area (TPSA) is 70.1 Å². The number of aryl methyl sites for hydroxylation is 1. The molecule has 2 rings (SSSR count). The molecule has 1 fully saturated rings. The van der Waals surface area contributed by atoms with E-state index in [1.54, 1.807) is 0 Å². The number of aliphatic hydroxyl groups is 1. The third-order valence-corrected chi connectivity index (χ3v) is 2.96. The highest BCUT2D eigenvalue weighted by Gasteiger charge is 2.27. The van der Waals surface area contributed by atoms with E-state index in [1.165, 1.54) is 0 Å². The van der Waals surface area contributed by atoms with E-state index in [-0.39, 0.29) is 6.10 Å². The van der Waals surface area contributed by atoms with E-state index in [9.17, 15) is 5.11 Å². The summed E-state index contributed by atoms with van der Waals surface area (Å²) in [6.45, 7) is 4.97. The van der Waals surface area contributed by atoms with Crippen molar-refractivity contribution in [1.29, 1.82) is 0 Å². The van der Waals surface area contributed by atoms with E-state index < -0.39 is 0 Å². The molecule has 1 heterocycles. The second kappa shape index (κ2) is 5.31. The molecule has 1 aliphatic carbocycles. The fourth-order valence-corrected chi connectivity index (χ4v) is 1.81. The van der Waals surface area contributed by atoms with Crippen LogP contribution in [0.4, 0.5) is 11.8 Å². The zero-order valence-electron chi connectivity index (χ0n) is 10.4. The lowest BCUT2D eigenvalue weighted by Gasteiger charge is -2.32. The van der Waals surface area contributed by atoms with Crippen LogP contribution in [0.3, 0.4) is 0 Å². The summed E-state index contributed by atoms with van der Waals surface area (Å²) in [7, 11) is 0. The summed E-state index contributed by atoms with van der Waals surface area (Å²) in [5, 5.41) is 15.8. The van der Waals surface area contributed by atoms with E-state index in [2.05, 4.69) is 27.5 Å². The van der Waals surface area contributed by atoms with Crippen LogP contribution in [0.1, 0.15) is 31.7 Å². The maximum Gasteiger partial charge on any atom is 0.224 e. The zero-order chi connectivity index (χ0) is 12.3. The Morgan fingerprint density at radius 2 is 2.24 bits per heavy atom. The van der Waals surface area contributed by atoms with Crippen LogP contribution in [0.15, 0.2) is 6.20 Å². The van der Waals surface area contributed by atoms with Crippen molar-refractivity contribution in [2.75, 3.05) is 17.2 Å². The van der Waals surface area contributed by atoms with Crippen molar-refractivity contribution < 1.29 is 5.11 Å². The van der Waals surface area contributed by atoms with Gasteiger partial charge in [0.25, 0.3) is 0 Å². The van der Waals surface area contributed by atoms with Gasteiger partial charge in [-0.25, -0.2) is 4.98 Å². The van der Waals surface area contributed by atoms with Crippen LogP contribution in [-0.4, -0.2) is 33.8 Å². The van der Waals surface area contributed by atoms with E-state index in [0.29, 0.717) is 12.0 Å². The molecule has 3 N–H and O–H groups in total. The summed E-state index contributed by atoms with van der Waals surface area (Å²) < 4.78 is 0. The Bertz CT molecular complexity index is 377. The number of hydrogen-bond acceptors (Lipinski definition) is 5. The van der Waals surface area contributed by atoms with E-state index in [0.717, 1.165) is 37.2 Å². The maximum absolute atomic E-state index is 9.25. The monoisotopic (exact) mass is 236 g/mol. The largest absolute Gasteiger partial charge is 0.393 e. The number of nitrogens with one attached hydrogen (secondary N) is 2. The fraction of sp³-hybridized carbons (Fsp3) is 0.667. The van der Waals surface area contributed by atoms with Gasteiger partial charge in [-0.1, -0.05) is 6.92 Å². The molecule has 0 aliphatic heterocycles. The molecule has 0 unspecified atom stereocenters. The summed E-state index contributed by atoms with van der Waals surface area (Å²) in [5.41, 5.74) is 1.04. The first-order valence-corrected chi connectivity index (χ1v) is 6.21. The minimum atomic E-state index is -0.146. The summed E-state index contributed by atoms with van der Waals surface area (Å²) in [5.74, 6) is 1.54. The number of aromatic nitrogens is 2. The molecule has 5 heteroatoms. The molecular formula is C12H20N4O. The van der Waals surface area contributed by atoms with Gasteiger partial charge >= 0.3 is 0 Å². The predicted octanol–water partition coefficient (Wildman–Crippen LogP) is 1.54. The van der Waals surface area contributed by atoms with E-state index in [4.69, 9.17) is 0 Å². The third kappa shape index (κ3) is 3.06. The number of hydrogen-bond donors (Lipinski definition) is 3. The predicted molar refractivity (Wildman–Crippen MR) is 68.2 cm³/mol. The fourth-order valence-electron chi connectivity index (χ4n) is 1.81. The molecule has 1 aromatic rings. The Labute approximate surface area is 102 Å². The SMILES string of the molecule is CCCNc1ncc(C)c(NC2CC(O)C2)n1. The van der Waals surface area contributed by atoms with Crippen molar-refractivity contribution in [3.63, 3.8) is 0 Å². The van der Waals surface area contributed by atoms with E-state index in [1.807, 2.05) is 13.1 Å². The first-order chi connectivity index (χ1) is 8.19. The highest BCUT2D eigenvalue weighted by molar-refractivity contribution is 5.47.